The van der Waals surface area contributed by atoms with Crippen LogP contribution in [0.4, 0.5) is 0 Å². The van der Waals surface area contributed by atoms with Crippen LogP contribution in [0.1, 0.15) is 5.69 Å². The van der Waals surface area contributed by atoms with Gasteiger partial charge in [-0.15, -0.1) is 0 Å². The first kappa shape index (κ1) is 13.6. The van der Waals surface area contributed by atoms with Gasteiger partial charge in [0, 0.05) is 11.5 Å². The van der Waals surface area contributed by atoms with Gasteiger partial charge in [0.25, 0.3) is 0 Å². The number of hydrogen-bond donors (Lipinski definition) is 0. The summed E-state index contributed by atoms with van der Waals surface area (Å²) in [7, 11) is 1.62. The molecule has 5 nitrogen and oxygen atoms in total. The fourth-order valence-electron chi connectivity index (χ4n) is 2.83. The summed E-state index contributed by atoms with van der Waals surface area (Å²) >= 11 is 0. The Bertz CT molecular complexity index is 1090. The molecule has 0 bridgehead atoms. The zero-order chi connectivity index (χ0) is 16.0. The van der Waals surface area contributed by atoms with Crippen molar-refractivity contribution < 1.29 is 9.15 Å². The van der Waals surface area contributed by atoms with Gasteiger partial charge in [-0.25, -0.2) is 9.48 Å². The zero-order valence-corrected chi connectivity index (χ0v) is 12.7. The van der Waals surface area contributed by atoms with Gasteiger partial charge < -0.3 is 9.15 Å². The monoisotopic (exact) mass is 306 g/mol. The molecule has 0 amide bonds. The van der Waals surface area contributed by atoms with Crippen molar-refractivity contribution in [2.24, 2.45) is 0 Å². The predicted octanol–water partition coefficient (Wildman–Crippen LogP) is 3.45. The first-order chi connectivity index (χ1) is 11.2. The first-order valence-electron chi connectivity index (χ1n) is 7.24. The molecule has 0 N–H and O–H groups in total. The minimum atomic E-state index is -0.370. The molecule has 0 radical (unpaired) electrons. The highest BCUT2D eigenvalue weighted by molar-refractivity contribution is 6.02. The molecule has 0 unspecified atom stereocenters. The van der Waals surface area contributed by atoms with E-state index in [1.807, 2.05) is 49.4 Å². The maximum Gasteiger partial charge on any atom is 0.347 e. The molecule has 0 spiro atoms. The van der Waals surface area contributed by atoms with E-state index >= 15 is 0 Å². The Morgan fingerprint density at radius 1 is 1.13 bits per heavy atom. The molecular formula is C18H14N2O3. The smallest absolute Gasteiger partial charge is 0.347 e. The van der Waals surface area contributed by atoms with Gasteiger partial charge in [0.05, 0.1) is 18.5 Å². The van der Waals surface area contributed by atoms with Crippen LogP contribution in [0, 0.1) is 6.92 Å². The van der Waals surface area contributed by atoms with Crippen LogP contribution in [-0.4, -0.2) is 16.9 Å². The normalized spacial score (nSPS) is 11.2. The van der Waals surface area contributed by atoms with Crippen LogP contribution in [0.5, 0.6) is 5.75 Å². The largest absolute Gasteiger partial charge is 0.497 e. The zero-order valence-electron chi connectivity index (χ0n) is 12.7. The van der Waals surface area contributed by atoms with Crippen LogP contribution >= 0.6 is 0 Å². The Morgan fingerprint density at radius 3 is 2.78 bits per heavy atom. The van der Waals surface area contributed by atoms with Gasteiger partial charge in [-0.2, -0.15) is 5.10 Å². The van der Waals surface area contributed by atoms with Crippen LogP contribution in [-0.2, 0) is 0 Å². The van der Waals surface area contributed by atoms with Gasteiger partial charge in [-0.3, -0.25) is 0 Å². The summed E-state index contributed by atoms with van der Waals surface area (Å²) in [6.45, 7) is 1.86. The number of methoxy groups -OCH3 is 1. The maximum absolute atomic E-state index is 12.3. The van der Waals surface area contributed by atoms with Crippen molar-refractivity contribution in [3.63, 3.8) is 0 Å². The highest BCUT2D eigenvalue weighted by Gasteiger charge is 2.17. The lowest BCUT2D eigenvalue weighted by Crippen LogP contribution is -2.02. The molecule has 0 aliphatic heterocycles. The lowest BCUT2D eigenvalue weighted by atomic mass is 10.2. The SMILES string of the molecule is COc1cccc(-n2nc3c(c2C)c(=O)oc2ccccc23)c1. The predicted molar refractivity (Wildman–Crippen MR) is 88.4 cm³/mol. The minimum absolute atomic E-state index is 0.370. The van der Waals surface area contributed by atoms with Crippen molar-refractivity contribution in [1.82, 2.24) is 9.78 Å². The van der Waals surface area contributed by atoms with Crippen molar-refractivity contribution in [2.75, 3.05) is 7.11 Å². The Labute approximate surface area is 131 Å². The molecule has 114 valence electrons. The molecule has 4 aromatic rings. The fraction of sp³-hybridized carbons (Fsp3) is 0.111. The van der Waals surface area contributed by atoms with Crippen LogP contribution < -0.4 is 10.4 Å². The van der Waals surface area contributed by atoms with E-state index in [0.29, 0.717) is 16.5 Å². The molecule has 2 aromatic heterocycles. The van der Waals surface area contributed by atoms with E-state index < -0.39 is 0 Å². The third kappa shape index (κ3) is 2.01. The van der Waals surface area contributed by atoms with Gasteiger partial charge >= 0.3 is 5.63 Å². The molecular weight excluding hydrogens is 292 g/mol. The number of nitrogens with zero attached hydrogens (tertiary/aromatic N) is 2. The summed E-state index contributed by atoms with van der Waals surface area (Å²) in [6, 6.07) is 15.0. The molecule has 0 saturated carbocycles. The summed E-state index contributed by atoms with van der Waals surface area (Å²) in [5.74, 6) is 0.735. The summed E-state index contributed by atoms with van der Waals surface area (Å²) in [5.41, 5.74) is 2.40. The van der Waals surface area contributed by atoms with Crippen molar-refractivity contribution in [3.05, 3.63) is 64.6 Å². The second kappa shape index (κ2) is 4.98. The average Bonchev–Trinajstić information content (AvgIpc) is 2.93. The van der Waals surface area contributed by atoms with Crippen molar-refractivity contribution in [2.45, 2.75) is 6.92 Å². The maximum atomic E-state index is 12.3. The molecule has 4 rings (SSSR count). The van der Waals surface area contributed by atoms with Gasteiger partial charge in [0.15, 0.2) is 0 Å². The Morgan fingerprint density at radius 2 is 1.96 bits per heavy atom. The van der Waals surface area contributed by atoms with E-state index in [9.17, 15) is 4.79 Å². The third-order valence-electron chi connectivity index (χ3n) is 3.96. The molecule has 0 atom stereocenters. The van der Waals surface area contributed by atoms with Crippen molar-refractivity contribution in [3.8, 4) is 11.4 Å². The Balaban J connectivity index is 2.09. The van der Waals surface area contributed by atoms with Gasteiger partial charge in [-0.1, -0.05) is 18.2 Å². The number of hydrogen-bond acceptors (Lipinski definition) is 4. The summed E-state index contributed by atoms with van der Waals surface area (Å²) in [4.78, 5) is 12.3. The highest BCUT2D eigenvalue weighted by Crippen LogP contribution is 2.26. The van der Waals surface area contributed by atoms with Crippen molar-refractivity contribution in [1.29, 1.82) is 0 Å². The van der Waals surface area contributed by atoms with Crippen LogP contribution in [0.25, 0.3) is 27.6 Å². The second-order valence-electron chi connectivity index (χ2n) is 5.31. The Hall–Kier alpha value is -3.08. The van der Waals surface area contributed by atoms with E-state index in [0.717, 1.165) is 22.5 Å². The van der Waals surface area contributed by atoms with Crippen LogP contribution in [0.2, 0.25) is 0 Å². The number of aryl methyl sites for hydroxylation is 1. The van der Waals surface area contributed by atoms with E-state index in [1.54, 1.807) is 17.9 Å². The number of para-hydroxylation sites is 1. The fourth-order valence-corrected chi connectivity index (χ4v) is 2.83. The van der Waals surface area contributed by atoms with Crippen molar-refractivity contribution >= 4 is 21.9 Å². The van der Waals surface area contributed by atoms with E-state index in [1.165, 1.54) is 0 Å². The third-order valence-corrected chi connectivity index (χ3v) is 3.96. The molecule has 0 aliphatic rings. The lowest BCUT2D eigenvalue weighted by Gasteiger charge is -2.06. The number of benzene rings is 2. The molecule has 0 aliphatic carbocycles. The Kier molecular flexibility index (Phi) is 2.94. The van der Waals surface area contributed by atoms with Gasteiger partial charge in [-0.05, 0) is 31.2 Å². The van der Waals surface area contributed by atoms with E-state index in [4.69, 9.17) is 9.15 Å². The molecule has 23 heavy (non-hydrogen) atoms. The summed E-state index contributed by atoms with van der Waals surface area (Å²) < 4.78 is 12.4. The number of fused-ring (bicyclic) bond motifs is 3. The quantitative estimate of drug-likeness (QED) is 0.532. The number of aromatic nitrogens is 2. The number of rotatable bonds is 2. The average molecular weight is 306 g/mol. The van der Waals surface area contributed by atoms with Crippen LogP contribution in [0.15, 0.2) is 57.7 Å². The summed E-state index contributed by atoms with van der Waals surface area (Å²) in [6.07, 6.45) is 0. The minimum Gasteiger partial charge on any atom is -0.497 e. The molecule has 0 fully saturated rings. The van der Waals surface area contributed by atoms with E-state index in [-0.39, 0.29) is 5.63 Å². The van der Waals surface area contributed by atoms with E-state index in [2.05, 4.69) is 5.10 Å². The van der Waals surface area contributed by atoms with Gasteiger partial charge in [0.2, 0.25) is 0 Å². The molecule has 2 aromatic carbocycles. The molecule has 5 heteroatoms. The number of ether oxygens (including phenoxy) is 1. The standard InChI is InChI=1S/C18H14N2O3/c1-11-16-17(14-8-3-4-9-15(14)23-18(16)21)19-20(11)12-6-5-7-13(10-12)22-2/h3-10H,1-2H3. The summed E-state index contributed by atoms with van der Waals surface area (Å²) in [5, 5.41) is 5.98. The molecule has 0 saturated heterocycles. The lowest BCUT2D eigenvalue weighted by molar-refractivity contribution is 0.414. The van der Waals surface area contributed by atoms with Gasteiger partial charge in [0.1, 0.15) is 22.2 Å². The van der Waals surface area contributed by atoms with Crippen LogP contribution in [0.3, 0.4) is 0 Å². The second-order valence-corrected chi connectivity index (χ2v) is 5.31. The molecule has 2 heterocycles. The first-order valence-corrected chi connectivity index (χ1v) is 7.24. The highest BCUT2D eigenvalue weighted by atomic mass is 16.5. The topological polar surface area (TPSA) is 57.3 Å².